The number of fused-ring (bicyclic) bond motifs is 6. The van der Waals surface area contributed by atoms with Crippen LogP contribution in [-0.2, 0) is 9.59 Å². The number of hydrogen-bond donors (Lipinski definition) is 3. The summed E-state index contributed by atoms with van der Waals surface area (Å²) >= 11 is 13.5. The second-order valence-corrected chi connectivity index (χ2v) is 13.4. The van der Waals surface area contributed by atoms with Gasteiger partial charge in [0.15, 0.2) is 16.7 Å². The molecule has 1 aromatic heterocycles. The molecule has 0 spiro atoms. The fourth-order valence-electron chi connectivity index (χ4n) is 8.09. The number of halogens is 2. The lowest BCUT2D eigenvalue weighted by atomic mass is 9.46. The van der Waals surface area contributed by atoms with Gasteiger partial charge in [0.25, 0.3) is 0 Å². The fraction of sp³-hybridized carbons (Fsp3) is 0.536. The minimum Gasteiger partial charge on any atom is -0.393 e. The van der Waals surface area contributed by atoms with Gasteiger partial charge in [-0.15, -0.1) is 0 Å². The van der Waals surface area contributed by atoms with Crippen LogP contribution in [0, 0.1) is 28.6 Å². The molecule has 0 saturated heterocycles. The van der Waals surface area contributed by atoms with Crippen molar-refractivity contribution in [3.05, 3.63) is 46.0 Å². The first-order valence-corrected chi connectivity index (χ1v) is 14.6. The molecule has 3 fully saturated rings. The Hall–Kier alpha value is -1.64. The summed E-state index contributed by atoms with van der Waals surface area (Å²) < 4.78 is 0. The van der Waals surface area contributed by atoms with Gasteiger partial charge in [-0.3, -0.25) is 9.59 Å². The highest BCUT2D eigenvalue weighted by atomic mass is 35.5. The Morgan fingerprint density at radius 2 is 2.00 bits per heavy atom. The van der Waals surface area contributed by atoms with Crippen LogP contribution in [0.5, 0.6) is 0 Å². The van der Waals surface area contributed by atoms with E-state index >= 15 is 0 Å². The van der Waals surface area contributed by atoms with E-state index in [0.29, 0.717) is 33.6 Å². The number of aliphatic hydroxyl groups excluding tert-OH is 1. The van der Waals surface area contributed by atoms with Crippen LogP contribution >= 0.6 is 35.0 Å². The van der Waals surface area contributed by atoms with Crippen molar-refractivity contribution in [2.24, 2.45) is 28.6 Å². The number of aromatic amines is 1. The number of aromatic nitrogens is 2. The summed E-state index contributed by atoms with van der Waals surface area (Å²) in [5, 5.41) is 24.9. The van der Waals surface area contributed by atoms with Crippen LogP contribution in [0.3, 0.4) is 0 Å². The molecule has 3 saturated carbocycles. The maximum atomic E-state index is 13.6. The smallest absolute Gasteiger partial charge is 0.178 e. The van der Waals surface area contributed by atoms with E-state index in [1.807, 2.05) is 13.0 Å². The Labute approximate surface area is 229 Å². The molecule has 6 unspecified atom stereocenters. The van der Waals surface area contributed by atoms with Gasteiger partial charge in [0, 0.05) is 16.7 Å². The van der Waals surface area contributed by atoms with Crippen molar-refractivity contribution in [2.75, 3.05) is 5.75 Å². The molecule has 196 valence electrons. The van der Waals surface area contributed by atoms with Crippen LogP contribution in [0.4, 0.5) is 0 Å². The highest BCUT2D eigenvalue weighted by Gasteiger charge is 2.68. The van der Waals surface area contributed by atoms with Gasteiger partial charge in [0.1, 0.15) is 5.60 Å². The summed E-state index contributed by atoms with van der Waals surface area (Å²) in [4.78, 5) is 33.3. The van der Waals surface area contributed by atoms with Crippen molar-refractivity contribution >= 4 is 57.6 Å². The Morgan fingerprint density at radius 3 is 2.78 bits per heavy atom. The van der Waals surface area contributed by atoms with E-state index in [1.165, 1.54) is 11.8 Å². The number of aliphatic hydroxyl groups is 2. The second kappa shape index (κ2) is 8.68. The van der Waals surface area contributed by atoms with Crippen LogP contribution in [-0.4, -0.2) is 49.2 Å². The van der Waals surface area contributed by atoms with Crippen LogP contribution in [0.15, 0.2) is 41.1 Å². The Balaban J connectivity index is 1.23. The number of Topliss-reactive ketones (excluding diaryl/α,β-unsaturated/α-hetero) is 1. The molecule has 4 aliphatic rings. The van der Waals surface area contributed by atoms with Gasteiger partial charge in [0.2, 0.25) is 0 Å². The van der Waals surface area contributed by atoms with E-state index < -0.39 is 17.1 Å². The molecule has 3 N–H and O–H groups in total. The average Bonchev–Trinajstić information content (AvgIpc) is 3.35. The molecule has 2 aromatic rings. The summed E-state index contributed by atoms with van der Waals surface area (Å²) in [6.07, 6.45) is 7.82. The number of nitrogens with zero attached hydrogens (tertiary/aromatic N) is 1. The number of benzene rings is 1. The summed E-state index contributed by atoms with van der Waals surface area (Å²) in [7, 11) is 0. The number of nitrogens with one attached hydrogen (secondary N) is 1. The second-order valence-electron chi connectivity index (χ2n) is 11.6. The number of thioether (sulfide) groups is 1. The van der Waals surface area contributed by atoms with Gasteiger partial charge in [-0.2, -0.15) is 0 Å². The zero-order valence-corrected chi connectivity index (χ0v) is 23.1. The van der Waals surface area contributed by atoms with Crippen LogP contribution in [0.25, 0.3) is 11.0 Å². The zero-order chi connectivity index (χ0) is 26.3. The van der Waals surface area contributed by atoms with Gasteiger partial charge in [0.05, 0.1) is 32.9 Å². The topological polar surface area (TPSA) is 103 Å². The molecule has 0 aliphatic heterocycles. The SMILES string of the molecule is CC12C=CC(=O)C=C1CCC1C2C(O)CC2(C)C1CC[C@]2(O)C(=O)CSc1nc2cc(Cl)c(Cl)cc2[nH]1. The van der Waals surface area contributed by atoms with Crippen molar-refractivity contribution in [3.63, 3.8) is 0 Å². The van der Waals surface area contributed by atoms with Gasteiger partial charge < -0.3 is 15.2 Å². The quantitative estimate of drug-likeness (QED) is 0.424. The maximum Gasteiger partial charge on any atom is 0.178 e. The summed E-state index contributed by atoms with van der Waals surface area (Å²) in [6, 6.07) is 3.39. The number of ketones is 2. The lowest BCUT2D eigenvalue weighted by Crippen LogP contribution is -2.61. The van der Waals surface area contributed by atoms with E-state index in [2.05, 4.69) is 16.9 Å². The van der Waals surface area contributed by atoms with Gasteiger partial charge in [-0.1, -0.05) is 60.5 Å². The standard InChI is InChI=1S/C28H30Cl2N2O4S/c1-26-7-5-15(33)9-14(26)3-4-16-17-6-8-28(36,27(17,2)12-22(34)24(16)26)23(35)13-37-25-31-20-10-18(29)19(30)11-21(20)32-25/h5,7,9-11,16-17,22,24,34,36H,3-4,6,8,12-13H2,1-2H3,(H,31,32)/t16?,17?,22?,24?,26?,27?,28-/m0/s1. The third-order valence-electron chi connectivity index (χ3n) is 9.95. The first-order valence-electron chi connectivity index (χ1n) is 12.8. The maximum absolute atomic E-state index is 13.6. The number of hydrogen-bond acceptors (Lipinski definition) is 6. The minimum atomic E-state index is -1.51. The number of carbonyl (C=O) groups excluding carboxylic acids is 2. The minimum absolute atomic E-state index is 0.00930. The highest BCUT2D eigenvalue weighted by Crippen LogP contribution is 2.67. The normalized spacial score (nSPS) is 38.8. The molecule has 0 bridgehead atoms. The molecule has 1 heterocycles. The highest BCUT2D eigenvalue weighted by molar-refractivity contribution is 7.99. The van der Waals surface area contributed by atoms with Crippen molar-refractivity contribution < 1.29 is 19.8 Å². The third kappa shape index (κ3) is 3.72. The van der Waals surface area contributed by atoms with Crippen LogP contribution < -0.4 is 0 Å². The lowest BCUT2D eigenvalue weighted by Gasteiger charge is -2.59. The number of carbonyl (C=O) groups is 2. The van der Waals surface area contributed by atoms with Gasteiger partial charge >= 0.3 is 0 Å². The molecule has 0 amide bonds. The predicted octanol–water partition coefficient (Wildman–Crippen LogP) is 5.54. The molecule has 4 aliphatic carbocycles. The first kappa shape index (κ1) is 25.6. The van der Waals surface area contributed by atoms with E-state index in [-0.39, 0.29) is 40.5 Å². The number of imidazole rings is 1. The fourth-order valence-corrected chi connectivity index (χ4v) is 9.26. The number of H-pyrrole nitrogens is 1. The summed E-state index contributed by atoms with van der Waals surface area (Å²) in [5.74, 6) is 0.119. The lowest BCUT2D eigenvalue weighted by molar-refractivity contribution is -0.174. The van der Waals surface area contributed by atoms with Crippen molar-refractivity contribution in [1.82, 2.24) is 9.97 Å². The number of allylic oxidation sites excluding steroid dienone is 4. The molecule has 6 nitrogen and oxygen atoms in total. The molecule has 6 rings (SSSR count). The number of rotatable bonds is 4. The summed E-state index contributed by atoms with van der Waals surface area (Å²) in [6.45, 7) is 4.12. The van der Waals surface area contributed by atoms with E-state index in [4.69, 9.17) is 23.2 Å². The average molecular weight is 562 g/mol. The monoisotopic (exact) mass is 560 g/mol. The van der Waals surface area contributed by atoms with Crippen molar-refractivity contribution in [1.29, 1.82) is 0 Å². The molecule has 9 heteroatoms. The van der Waals surface area contributed by atoms with Gasteiger partial charge in [-0.25, -0.2) is 4.98 Å². The molecule has 1 aromatic carbocycles. The molecule has 0 radical (unpaired) electrons. The largest absolute Gasteiger partial charge is 0.393 e. The first-order chi connectivity index (χ1) is 17.5. The molecular weight excluding hydrogens is 531 g/mol. The van der Waals surface area contributed by atoms with Gasteiger partial charge in [-0.05, 0) is 68.2 Å². The predicted molar refractivity (Wildman–Crippen MR) is 145 cm³/mol. The Morgan fingerprint density at radius 1 is 1.24 bits per heavy atom. The third-order valence-corrected chi connectivity index (χ3v) is 11.5. The van der Waals surface area contributed by atoms with E-state index in [0.717, 1.165) is 30.4 Å². The Bertz CT molecular complexity index is 1350. The van der Waals surface area contributed by atoms with Crippen molar-refractivity contribution in [2.45, 2.75) is 62.8 Å². The van der Waals surface area contributed by atoms with E-state index in [9.17, 15) is 19.8 Å². The molecule has 7 atom stereocenters. The molecular formula is C28H30Cl2N2O4S. The summed E-state index contributed by atoms with van der Waals surface area (Å²) in [5.41, 5.74) is -0.106. The van der Waals surface area contributed by atoms with Crippen molar-refractivity contribution in [3.8, 4) is 0 Å². The Kier molecular flexibility index (Phi) is 6.01. The van der Waals surface area contributed by atoms with Crippen LogP contribution in [0.1, 0.15) is 46.0 Å². The van der Waals surface area contributed by atoms with E-state index in [1.54, 1.807) is 24.3 Å². The molecule has 37 heavy (non-hydrogen) atoms. The van der Waals surface area contributed by atoms with Crippen LogP contribution in [0.2, 0.25) is 10.0 Å². The zero-order valence-electron chi connectivity index (χ0n) is 20.8.